The van der Waals surface area contributed by atoms with Gasteiger partial charge in [-0.1, -0.05) is 13.8 Å². The van der Waals surface area contributed by atoms with E-state index in [-0.39, 0.29) is 0 Å². The van der Waals surface area contributed by atoms with Gasteiger partial charge in [0, 0.05) is 31.6 Å². The van der Waals surface area contributed by atoms with Gasteiger partial charge in [-0.25, -0.2) is 4.79 Å². The molecule has 1 atom stereocenters. The van der Waals surface area contributed by atoms with Crippen LogP contribution in [0.15, 0.2) is 4.47 Å². The summed E-state index contributed by atoms with van der Waals surface area (Å²) < 4.78 is 7.91. The van der Waals surface area contributed by atoms with Crippen molar-refractivity contribution < 1.29 is 14.6 Å². The van der Waals surface area contributed by atoms with Crippen LogP contribution in [0.25, 0.3) is 0 Å². The summed E-state index contributed by atoms with van der Waals surface area (Å²) in [7, 11) is 1.68. The number of carbonyl (C=O) groups is 1. The molecule has 0 amide bonds. The number of hydrogen-bond donors (Lipinski definition) is 1. The van der Waals surface area contributed by atoms with Gasteiger partial charge in [-0.05, 0) is 41.6 Å². The minimum Gasteiger partial charge on any atom is -0.478 e. The molecule has 19 heavy (non-hydrogen) atoms. The number of rotatable bonds is 7. The summed E-state index contributed by atoms with van der Waals surface area (Å²) in [6.45, 7) is 7.56. The van der Waals surface area contributed by atoms with E-state index >= 15 is 0 Å². The topological polar surface area (TPSA) is 51.5 Å². The third-order valence-electron chi connectivity index (χ3n) is 3.53. The first-order valence-corrected chi connectivity index (χ1v) is 7.35. The van der Waals surface area contributed by atoms with Gasteiger partial charge in [-0.3, -0.25) is 0 Å². The van der Waals surface area contributed by atoms with Gasteiger partial charge in [0.15, 0.2) is 0 Å². The molecule has 0 saturated carbocycles. The van der Waals surface area contributed by atoms with Gasteiger partial charge in [-0.15, -0.1) is 0 Å². The van der Waals surface area contributed by atoms with E-state index in [2.05, 4.69) is 34.3 Å². The number of nitrogens with zero attached hydrogens (tertiary/aromatic N) is 1. The Kier molecular flexibility index (Phi) is 6.07. The fourth-order valence-corrected chi connectivity index (χ4v) is 3.36. The Hall–Kier alpha value is -0.810. The number of hydrogen-bond acceptors (Lipinski definition) is 2. The molecular formula is C14H22BrNO3. The van der Waals surface area contributed by atoms with Crippen molar-refractivity contribution in [2.24, 2.45) is 0 Å². The van der Waals surface area contributed by atoms with Crippen LogP contribution in [0.1, 0.15) is 54.4 Å². The summed E-state index contributed by atoms with van der Waals surface area (Å²) >= 11 is 3.47. The number of halogens is 1. The molecule has 1 aromatic heterocycles. The molecule has 0 aliphatic rings. The van der Waals surface area contributed by atoms with Crippen LogP contribution in [-0.4, -0.2) is 29.4 Å². The second-order valence-electron chi connectivity index (χ2n) is 4.77. The van der Waals surface area contributed by atoms with E-state index in [0.717, 1.165) is 35.2 Å². The maximum absolute atomic E-state index is 11.4. The van der Waals surface area contributed by atoms with Gasteiger partial charge < -0.3 is 14.4 Å². The quantitative estimate of drug-likeness (QED) is 0.773. The van der Waals surface area contributed by atoms with E-state index in [9.17, 15) is 9.90 Å². The first-order valence-electron chi connectivity index (χ1n) is 6.56. The molecule has 1 rings (SSSR count). The predicted octanol–water partition coefficient (Wildman–Crippen LogP) is 3.81. The Morgan fingerprint density at radius 1 is 1.53 bits per heavy atom. The lowest BCUT2D eigenvalue weighted by atomic mass is 10.0. The number of aromatic carboxylic acids is 1. The smallest absolute Gasteiger partial charge is 0.338 e. The molecule has 0 saturated heterocycles. The lowest BCUT2D eigenvalue weighted by Gasteiger charge is -2.16. The van der Waals surface area contributed by atoms with E-state index < -0.39 is 5.97 Å². The lowest BCUT2D eigenvalue weighted by molar-refractivity contribution is 0.0695. The van der Waals surface area contributed by atoms with Gasteiger partial charge in [0.25, 0.3) is 0 Å². The zero-order valence-corrected chi connectivity index (χ0v) is 13.6. The molecule has 1 unspecified atom stereocenters. The fraction of sp³-hybridized carbons (Fsp3) is 0.643. The number of carboxylic acid groups (broad SMARTS) is 1. The summed E-state index contributed by atoms with van der Waals surface area (Å²) in [5.74, 6) is -0.553. The normalized spacial score (nSPS) is 12.7. The van der Waals surface area contributed by atoms with Crippen molar-refractivity contribution >= 4 is 21.9 Å². The van der Waals surface area contributed by atoms with Crippen molar-refractivity contribution in [1.82, 2.24) is 4.57 Å². The van der Waals surface area contributed by atoms with Crippen LogP contribution < -0.4 is 0 Å². The van der Waals surface area contributed by atoms with Gasteiger partial charge in [0.05, 0.1) is 10.0 Å². The summed E-state index contributed by atoms with van der Waals surface area (Å²) in [6.07, 6.45) is 1.85. The highest BCUT2D eigenvalue weighted by Gasteiger charge is 2.25. The Bertz CT molecular complexity index is 454. The molecule has 1 aromatic rings. The first-order chi connectivity index (χ1) is 8.95. The Balaban J connectivity index is 3.24. The largest absolute Gasteiger partial charge is 0.478 e. The highest BCUT2D eigenvalue weighted by molar-refractivity contribution is 9.10. The maximum atomic E-state index is 11.4. The van der Waals surface area contributed by atoms with Crippen LogP contribution in [0.5, 0.6) is 0 Å². The monoisotopic (exact) mass is 331 g/mol. The minimum atomic E-state index is -0.876. The molecule has 0 spiro atoms. The molecule has 0 aliphatic heterocycles. The van der Waals surface area contributed by atoms with Crippen molar-refractivity contribution in [3.63, 3.8) is 0 Å². The number of ether oxygens (including phenoxy) is 1. The second-order valence-corrected chi connectivity index (χ2v) is 5.57. The van der Waals surface area contributed by atoms with E-state index in [1.54, 1.807) is 7.11 Å². The van der Waals surface area contributed by atoms with Gasteiger partial charge >= 0.3 is 5.97 Å². The molecule has 4 nitrogen and oxygen atoms in total. The molecule has 5 heteroatoms. The standard InChI is InChI=1S/C14H22BrNO3/c1-5-9(2)13-12(15)11(14(17)18)10(3)16(13)7-6-8-19-4/h9H,5-8H2,1-4H3,(H,17,18). The molecule has 1 N–H and O–H groups in total. The van der Waals surface area contributed by atoms with Crippen LogP contribution in [0, 0.1) is 6.92 Å². The summed E-state index contributed by atoms with van der Waals surface area (Å²) in [5, 5.41) is 9.34. The summed E-state index contributed by atoms with van der Waals surface area (Å²) in [4.78, 5) is 11.4. The molecule has 0 aliphatic carbocycles. The van der Waals surface area contributed by atoms with E-state index in [1.807, 2.05) is 6.92 Å². The van der Waals surface area contributed by atoms with E-state index in [4.69, 9.17) is 4.74 Å². The lowest BCUT2D eigenvalue weighted by Crippen LogP contribution is -2.10. The molecule has 0 fully saturated rings. The predicted molar refractivity (Wildman–Crippen MR) is 79.0 cm³/mol. The van der Waals surface area contributed by atoms with Crippen LogP contribution in [-0.2, 0) is 11.3 Å². The van der Waals surface area contributed by atoms with Crippen LogP contribution >= 0.6 is 15.9 Å². The Labute approximate surface area is 122 Å². The van der Waals surface area contributed by atoms with Crippen molar-refractivity contribution in [2.75, 3.05) is 13.7 Å². The van der Waals surface area contributed by atoms with Crippen molar-refractivity contribution in [3.05, 3.63) is 21.4 Å². The third kappa shape index (κ3) is 3.39. The van der Waals surface area contributed by atoms with Gasteiger partial charge in [-0.2, -0.15) is 0 Å². The van der Waals surface area contributed by atoms with Crippen molar-refractivity contribution in [2.45, 2.75) is 46.1 Å². The van der Waals surface area contributed by atoms with Crippen LogP contribution in [0.2, 0.25) is 0 Å². The van der Waals surface area contributed by atoms with Crippen molar-refractivity contribution in [3.8, 4) is 0 Å². The zero-order valence-electron chi connectivity index (χ0n) is 12.0. The van der Waals surface area contributed by atoms with E-state index in [1.165, 1.54) is 0 Å². The zero-order chi connectivity index (χ0) is 14.6. The minimum absolute atomic E-state index is 0.323. The van der Waals surface area contributed by atoms with E-state index in [0.29, 0.717) is 18.1 Å². The third-order valence-corrected chi connectivity index (χ3v) is 4.33. The molecule has 0 bridgehead atoms. The van der Waals surface area contributed by atoms with Crippen LogP contribution in [0.4, 0.5) is 0 Å². The highest BCUT2D eigenvalue weighted by Crippen LogP contribution is 2.35. The number of aromatic nitrogens is 1. The first kappa shape index (κ1) is 16.2. The highest BCUT2D eigenvalue weighted by atomic mass is 79.9. The molecule has 108 valence electrons. The molecule has 1 heterocycles. The van der Waals surface area contributed by atoms with Gasteiger partial charge in [0.1, 0.15) is 0 Å². The van der Waals surface area contributed by atoms with Crippen LogP contribution in [0.3, 0.4) is 0 Å². The maximum Gasteiger partial charge on any atom is 0.338 e. The van der Waals surface area contributed by atoms with Gasteiger partial charge in [0.2, 0.25) is 0 Å². The SMILES string of the molecule is CCC(C)c1c(Br)c(C(=O)O)c(C)n1CCCOC. The average Bonchev–Trinajstić information content (AvgIpc) is 2.60. The molecular weight excluding hydrogens is 310 g/mol. The average molecular weight is 332 g/mol. The number of methoxy groups -OCH3 is 1. The summed E-state index contributed by atoms with van der Waals surface area (Å²) in [6, 6.07) is 0. The fourth-order valence-electron chi connectivity index (χ4n) is 2.30. The Morgan fingerprint density at radius 3 is 2.63 bits per heavy atom. The number of carboxylic acids is 1. The Morgan fingerprint density at radius 2 is 2.16 bits per heavy atom. The van der Waals surface area contributed by atoms with Crippen molar-refractivity contribution in [1.29, 1.82) is 0 Å². The molecule has 0 radical (unpaired) electrons. The molecule has 0 aromatic carbocycles. The second kappa shape index (κ2) is 7.10. The summed E-state index contributed by atoms with van der Waals surface area (Å²) in [5.41, 5.74) is 2.27.